The quantitative estimate of drug-likeness (QED) is 0.229. The van der Waals surface area contributed by atoms with Crippen molar-refractivity contribution < 1.29 is 0 Å². The fraction of sp³-hybridized carbons (Fsp3) is 0.333. The van der Waals surface area contributed by atoms with Gasteiger partial charge in [-0.15, -0.1) is 0 Å². The average Bonchev–Trinajstić information content (AvgIpc) is 3.58. The van der Waals surface area contributed by atoms with Gasteiger partial charge in [0.25, 0.3) is 0 Å². The number of hydrogen-bond donors (Lipinski definition) is 0. The van der Waals surface area contributed by atoms with Crippen LogP contribution in [0.5, 0.6) is 0 Å². The molecule has 6 aliphatic rings. The van der Waals surface area contributed by atoms with Gasteiger partial charge in [0.2, 0.25) is 11.9 Å². The molecule has 0 N–H and O–H groups in total. The standard InChI is InChI=1S/C39H38N6/c1-3-11-33-29(9-1)31-15-13-27(44-23-7-21-42-19-5-17-40-37(42)44)25-35(31)39(33)34-12-4-2-10-30(34)32-16-14-28(26-36(32)39)45-24-8-22-43-20-6-18-41-38(43)45/h1-4,9-16,25-26H,5-8,17-24H2. The van der Waals surface area contributed by atoms with Crippen molar-refractivity contribution in [2.75, 3.05) is 62.2 Å². The molecule has 6 nitrogen and oxygen atoms in total. The van der Waals surface area contributed by atoms with E-state index in [1.165, 1.54) is 55.9 Å². The minimum absolute atomic E-state index is 0.377. The molecule has 2 aliphatic carbocycles. The minimum atomic E-state index is -0.377. The van der Waals surface area contributed by atoms with Gasteiger partial charge in [-0.1, -0.05) is 60.7 Å². The molecule has 10 rings (SSSR count). The van der Waals surface area contributed by atoms with Gasteiger partial charge < -0.3 is 19.6 Å². The Hall–Kier alpha value is -4.58. The molecule has 45 heavy (non-hydrogen) atoms. The Morgan fingerprint density at radius 3 is 1.40 bits per heavy atom. The van der Waals surface area contributed by atoms with E-state index in [0.29, 0.717) is 0 Å². The fourth-order valence-electron chi connectivity index (χ4n) is 9.20. The second kappa shape index (κ2) is 9.71. The Balaban J connectivity index is 1.21. The average molecular weight is 591 g/mol. The predicted molar refractivity (Wildman–Crippen MR) is 184 cm³/mol. The molecule has 4 aliphatic heterocycles. The van der Waals surface area contributed by atoms with Gasteiger partial charge in [-0.3, -0.25) is 9.98 Å². The lowest BCUT2D eigenvalue weighted by atomic mass is 9.70. The van der Waals surface area contributed by atoms with E-state index in [9.17, 15) is 0 Å². The first-order valence-corrected chi connectivity index (χ1v) is 16.9. The van der Waals surface area contributed by atoms with Gasteiger partial charge in [-0.2, -0.15) is 0 Å². The Kier molecular flexibility index (Phi) is 5.55. The van der Waals surface area contributed by atoms with Crippen molar-refractivity contribution >= 4 is 23.3 Å². The van der Waals surface area contributed by atoms with Gasteiger partial charge >= 0.3 is 0 Å². The Labute approximate surface area is 265 Å². The smallest absolute Gasteiger partial charge is 0.201 e. The predicted octanol–water partition coefficient (Wildman–Crippen LogP) is 6.57. The first-order chi connectivity index (χ1) is 22.3. The van der Waals surface area contributed by atoms with Crippen molar-refractivity contribution in [3.05, 3.63) is 107 Å². The van der Waals surface area contributed by atoms with Crippen LogP contribution in [0.15, 0.2) is 94.9 Å². The summed E-state index contributed by atoms with van der Waals surface area (Å²) >= 11 is 0. The second-order valence-electron chi connectivity index (χ2n) is 13.4. The van der Waals surface area contributed by atoms with Crippen LogP contribution in [0.4, 0.5) is 11.4 Å². The molecular weight excluding hydrogens is 552 g/mol. The van der Waals surface area contributed by atoms with Crippen molar-refractivity contribution in [1.82, 2.24) is 9.80 Å². The zero-order valence-corrected chi connectivity index (χ0v) is 25.8. The van der Waals surface area contributed by atoms with E-state index in [0.717, 1.165) is 90.0 Å². The van der Waals surface area contributed by atoms with Gasteiger partial charge in [0, 0.05) is 63.7 Å². The second-order valence-corrected chi connectivity index (χ2v) is 13.4. The number of benzene rings is 4. The van der Waals surface area contributed by atoms with Crippen LogP contribution in [0.1, 0.15) is 47.9 Å². The summed E-state index contributed by atoms with van der Waals surface area (Å²) < 4.78 is 0. The molecule has 0 bridgehead atoms. The Morgan fingerprint density at radius 2 is 0.889 bits per heavy atom. The van der Waals surface area contributed by atoms with E-state index in [-0.39, 0.29) is 5.41 Å². The highest BCUT2D eigenvalue weighted by molar-refractivity contribution is 6.02. The molecule has 0 atom stereocenters. The molecule has 0 amide bonds. The van der Waals surface area contributed by atoms with Crippen molar-refractivity contribution in [2.45, 2.75) is 31.1 Å². The zero-order chi connectivity index (χ0) is 29.5. The highest BCUT2D eigenvalue weighted by Crippen LogP contribution is 2.63. The molecular formula is C39H38N6. The topological polar surface area (TPSA) is 37.7 Å². The van der Waals surface area contributed by atoms with Crippen LogP contribution in [-0.2, 0) is 5.41 Å². The van der Waals surface area contributed by atoms with Crippen LogP contribution < -0.4 is 9.80 Å². The molecule has 0 saturated carbocycles. The molecule has 0 radical (unpaired) electrons. The number of rotatable bonds is 2. The number of fused-ring (bicyclic) bond motifs is 12. The zero-order valence-electron chi connectivity index (χ0n) is 25.8. The minimum Gasteiger partial charge on any atom is -0.342 e. The van der Waals surface area contributed by atoms with Gasteiger partial charge in [0.1, 0.15) is 0 Å². The van der Waals surface area contributed by atoms with Crippen LogP contribution >= 0.6 is 0 Å². The summed E-state index contributed by atoms with van der Waals surface area (Å²) in [5.41, 5.74) is 13.1. The maximum atomic E-state index is 5.05. The van der Waals surface area contributed by atoms with E-state index < -0.39 is 0 Å². The summed E-state index contributed by atoms with van der Waals surface area (Å²) in [6.45, 7) is 8.31. The summed E-state index contributed by atoms with van der Waals surface area (Å²) in [7, 11) is 0. The summed E-state index contributed by atoms with van der Waals surface area (Å²) in [6.07, 6.45) is 4.62. The van der Waals surface area contributed by atoms with Crippen LogP contribution in [0.2, 0.25) is 0 Å². The summed E-state index contributed by atoms with van der Waals surface area (Å²) in [5.74, 6) is 2.32. The molecule has 2 fully saturated rings. The number of nitrogens with zero attached hydrogens (tertiary/aromatic N) is 6. The molecule has 0 aromatic heterocycles. The third kappa shape index (κ3) is 3.51. The lowest BCUT2D eigenvalue weighted by Gasteiger charge is -2.42. The van der Waals surface area contributed by atoms with E-state index in [1.807, 2.05) is 0 Å². The molecule has 1 spiro atoms. The molecule has 4 aromatic carbocycles. The highest BCUT2D eigenvalue weighted by Gasteiger charge is 2.52. The van der Waals surface area contributed by atoms with Crippen molar-refractivity contribution in [3.8, 4) is 22.3 Å². The molecule has 224 valence electrons. The lowest BCUT2D eigenvalue weighted by molar-refractivity contribution is 0.360. The molecule has 4 heterocycles. The van der Waals surface area contributed by atoms with Crippen molar-refractivity contribution in [2.24, 2.45) is 9.98 Å². The van der Waals surface area contributed by atoms with Gasteiger partial charge in [0.05, 0.1) is 5.41 Å². The summed E-state index contributed by atoms with van der Waals surface area (Å²) in [4.78, 5) is 20.1. The van der Waals surface area contributed by atoms with Gasteiger partial charge in [-0.05, 0) is 94.5 Å². The lowest BCUT2D eigenvalue weighted by Crippen LogP contribution is -2.52. The monoisotopic (exact) mass is 590 g/mol. The van der Waals surface area contributed by atoms with Crippen molar-refractivity contribution in [3.63, 3.8) is 0 Å². The van der Waals surface area contributed by atoms with Crippen LogP contribution in [0.25, 0.3) is 22.3 Å². The number of anilines is 2. The van der Waals surface area contributed by atoms with Gasteiger partial charge in [-0.25, -0.2) is 0 Å². The highest BCUT2D eigenvalue weighted by atomic mass is 15.4. The normalized spacial score (nSPS) is 20.5. The van der Waals surface area contributed by atoms with E-state index in [2.05, 4.69) is 105 Å². The molecule has 6 heteroatoms. The number of hydrogen-bond acceptors (Lipinski definition) is 6. The van der Waals surface area contributed by atoms with E-state index in [4.69, 9.17) is 9.98 Å². The molecule has 2 saturated heterocycles. The SMILES string of the molecule is c1ccc2c(c1)-c1ccc(N3CCCN4CCCN=C43)cc1C21c2ccccc2-c2ccc(N3CCCN4CCCN=C43)cc21. The summed E-state index contributed by atoms with van der Waals surface area (Å²) in [6, 6.07) is 32.8. The number of guanidine groups is 2. The van der Waals surface area contributed by atoms with Crippen LogP contribution in [-0.4, -0.2) is 74.1 Å². The maximum Gasteiger partial charge on any atom is 0.201 e. The van der Waals surface area contributed by atoms with Gasteiger partial charge in [0.15, 0.2) is 0 Å². The van der Waals surface area contributed by atoms with Crippen molar-refractivity contribution in [1.29, 1.82) is 0 Å². The molecule has 0 unspecified atom stereocenters. The number of aliphatic imine (C=N–C) groups is 2. The fourth-order valence-corrected chi connectivity index (χ4v) is 9.20. The first kappa shape index (κ1) is 25.7. The largest absolute Gasteiger partial charge is 0.342 e. The third-order valence-electron chi connectivity index (χ3n) is 11.0. The Bertz CT molecular complexity index is 1780. The van der Waals surface area contributed by atoms with E-state index in [1.54, 1.807) is 0 Å². The van der Waals surface area contributed by atoms with Crippen LogP contribution in [0, 0.1) is 0 Å². The third-order valence-corrected chi connectivity index (χ3v) is 11.0. The van der Waals surface area contributed by atoms with Crippen LogP contribution in [0.3, 0.4) is 0 Å². The first-order valence-electron chi connectivity index (χ1n) is 16.9. The Morgan fingerprint density at radius 1 is 0.444 bits per heavy atom. The summed E-state index contributed by atoms with van der Waals surface area (Å²) in [5, 5.41) is 0. The molecule has 4 aromatic rings. The van der Waals surface area contributed by atoms with E-state index >= 15 is 0 Å². The maximum absolute atomic E-state index is 5.05.